The zero-order chi connectivity index (χ0) is 32.4. The second kappa shape index (κ2) is 19.5. The van der Waals surface area contributed by atoms with Crippen LogP contribution in [-0.2, 0) is 9.53 Å². The minimum absolute atomic E-state index is 0.375. The first-order chi connectivity index (χ1) is 21.8. The SMILES string of the molecule is CCCCCCCCCCOc1ccc(C(=O)Oc2ccc(-c3ccc(OC(=O)C(C)OCC(C)CC)cc3)cc2)cc1OC. The summed E-state index contributed by atoms with van der Waals surface area (Å²) < 4.78 is 28.1. The molecule has 0 saturated heterocycles. The van der Waals surface area contributed by atoms with Crippen molar-refractivity contribution in [1.29, 1.82) is 0 Å². The molecule has 45 heavy (non-hydrogen) atoms. The Kier molecular flexibility index (Phi) is 15.5. The molecule has 0 aliphatic heterocycles. The molecule has 0 heterocycles. The van der Waals surface area contributed by atoms with Gasteiger partial charge in [0.2, 0.25) is 0 Å². The summed E-state index contributed by atoms with van der Waals surface area (Å²) in [5.74, 6) is 1.48. The maximum Gasteiger partial charge on any atom is 0.343 e. The first-order valence-electron chi connectivity index (χ1n) is 16.4. The van der Waals surface area contributed by atoms with E-state index in [1.165, 1.54) is 38.5 Å². The molecular formula is C38H50O7. The van der Waals surface area contributed by atoms with Crippen LogP contribution in [-0.4, -0.2) is 38.4 Å². The van der Waals surface area contributed by atoms with Crippen LogP contribution in [0.4, 0.5) is 0 Å². The van der Waals surface area contributed by atoms with Gasteiger partial charge in [0.1, 0.15) is 11.5 Å². The Morgan fingerprint density at radius 1 is 0.689 bits per heavy atom. The Morgan fingerprint density at radius 2 is 1.27 bits per heavy atom. The van der Waals surface area contributed by atoms with Crippen LogP contribution in [0.3, 0.4) is 0 Å². The topological polar surface area (TPSA) is 80.3 Å². The van der Waals surface area contributed by atoms with Crippen molar-refractivity contribution in [2.24, 2.45) is 5.92 Å². The number of unbranched alkanes of at least 4 members (excludes halogenated alkanes) is 7. The molecular weight excluding hydrogens is 568 g/mol. The number of methoxy groups -OCH3 is 1. The molecule has 3 aromatic carbocycles. The van der Waals surface area contributed by atoms with Crippen molar-refractivity contribution >= 4 is 11.9 Å². The number of carbonyl (C=O) groups excluding carboxylic acids is 2. The molecule has 0 aliphatic rings. The van der Waals surface area contributed by atoms with Gasteiger partial charge in [-0.3, -0.25) is 0 Å². The number of esters is 2. The van der Waals surface area contributed by atoms with Crippen molar-refractivity contribution in [3.8, 4) is 34.1 Å². The van der Waals surface area contributed by atoms with E-state index in [0.717, 1.165) is 30.4 Å². The molecule has 2 atom stereocenters. The van der Waals surface area contributed by atoms with Gasteiger partial charge in [-0.1, -0.05) is 96.4 Å². The van der Waals surface area contributed by atoms with Gasteiger partial charge in [0.05, 0.1) is 25.9 Å². The number of benzene rings is 3. The third kappa shape index (κ3) is 12.2. The normalized spacial score (nSPS) is 12.3. The highest BCUT2D eigenvalue weighted by atomic mass is 16.6. The molecule has 0 spiro atoms. The zero-order valence-corrected chi connectivity index (χ0v) is 27.6. The molecule has 0 aliphatic carbocycles. The largest absolute Gasteiger partial charge is 0.493 e. The third-order valence-electron chi connectivity index (χ3n) is 7.79. The molecule has 0 aromatic heterocycles. The average molecular weight is 619 g/mol. The fourth-order valence-corrected chi connectivity index (χ4v) is 4.62. The highest BCUT2D eigenvalue weighted by Crippen LogP contribution is 2.30. The lowest BCUT2D eigenvalue weighted by Crippen LogP contribution is -2.27. The summed E-state index contributed by atoms with van der Waals surface area (Å²) in [6, 6.07) is 19.6. The van der Waals surface area contributed by atoms with Crippen molar-refractivity contribution in [2.45, 2.75) is 91.6 Å². The number of hydrogen-bond acceptors (Lipinski definition) is 7. The van der Waals surface area contributed by atoms with Crippen molar-refractivity contribution in [1.82, 2.24) is 0 Å². The van der Waals surface area contributed by atoms with Gasteiger partial charge in [-0.05, 0) is 72.9 Å². The average Bonchev–Trinajstić information content (AvgIpc) is 3.06. The summed E-state index contributed by atoms with van der Waals surface area (Å²) in [7, 11) is 1.56. The van der Waals surface area contributed by atoms with Crippen LogP contribution in [0.25, 0.3) is 11.1 Å². The Bertz CT molecular complexity index is 1300. The van der Waals surface area contributed by atoms with Gasteiger partial charge in [-0.25, -0.2) is 9.59 Å². The molecule has 0 N–H and O–H groups in total. The minimum Gasteiger partial charge on any atom is -0.493 e. The first kappa shape index (κ1) is 35.6. The molecule has 7 nitrogen and oxygen atoms in total. The lowest BCUT2D eigenvalue weighted by Gasteiger charge is -2.15. The van der Waals surface area contributed by atoms with E-state index in [2.05, 4.69) is 20.8 Å². The fourth-order valence-electron chi connectivity index (χ4n) is 4.62. The number of ether oxygens (including phenoxy) is 5. The molecule has 0 fully saturated rings. The molecule has 0 saturated carbocycles. The molecule has 0 radical (unpaired) electrons. The van der Waals surface area contributed by atoms with Crippen molar-refractivity contribution < 1.29 is 33.3 Å². The van der Waals surface area contributed by atoms with Crippen LogP contribution in [0.15, 0.2) is 66.7 Å². The van der Waals surface area contributed by atoms with E-state index in [0.29, 0.717) is 47.7 Å². The van der Waals surface area contributed by atoms with Gasteiger partial charge >= 0.3 is 11.9 Å². The van der Waals surface area contributed by atoms with Crippen LogP contribution in [0, 0.1) is 5.92 Å². The summed E-state index contributed by atoms with van der Waals surface area (Å²) in [4.78, 5) is 25.2. The van der Waals surface area contributed by atoms with E-state index in [-0.39, 0.29) is 0 Å². The molecule has 7 heteroatoms. The maximum atomic E-state index is 12.9. The fraction of sp³-hybridized carbons (Fsp3) is 0.474. The number of hydrogen-bond donors (Lipinski definition) is 0. The predicted octanol–water partition coefficient (Wildman–Crippen LogP) is 9.46. The van der Waals surface area contributed by atoms with Gasteiger partial charge in [-0.15, -0.1) is 0 Å². The number of carbonyl (C=O) groups is 2. The van der Waals surface area contributed by atoms with Gasteiger partial charge in [0.15, 0.2) is 17.6 Å². The van der Waals surface area contributed by atoms with Crippen molar-refractivity contribution in [3.63, 3.8) is 0 Å². The van der Waals surface area contributed by atoms with Crippen molar-refractivity contribution in [2.75, 3.05) is 20.3 Å². The van der Waals surface area contributed by atoms with Crippen LogP contribution in [0.1, 0.15) is 95.8 Å². The quantitative estimate of drug-likeness (QED) is 0.0709. The zero-order valence-electron chi connectivity index (χ0n) is 27.6. The van der Waals surface area contributed by atoms with E-state index in [9.17, 15) is 9.59 Å². The Hall–Kier alpha value is -3.84. The summed E-state index contributed by atoms with van der Waals surface area (Å²) in [5.41, 5.74) is 2.23. The van der Waals surface area contributed by atoms with E-state index in [1.54, 1.807) is 56.5 Å². The third-order valence-corrected chi connectivity index (χ3v) is 7.79. The first-order valence-corrected chi connectivity index (χ1v) is 16.4. The molecule has 2 unspecified atom stereocenters. The standard InChI is InChI=1S/C38H50O7/c1-6-8-9-10-11-12-13-14-25-42-35-24-19-32(26-36(35)41-5)38(40)45-34-22-17-31(18-23-34)30-15-20-33(21-16-30)44-37(39)29(4)43-27-28(3)7-2/h15-24,26,28-29H,6-14,25,27H2,1-5H3. The Labute approximate surface area is 269 Å². The molecule has 244 valence electrons. The molecule has 0 bridgehead atoms. The Morgan fingerprint density at radius 3 is 1.84 bits per heavy atom. The minimum atomic E-state index is -0.633. The second-order valence-electron chi connectivity index (χ2n) is 11.5. The van der Waals surface area contributed by atoms with E-state index < -0.39 is 18.0 Å². The summed E-state index contributed by atoms with van der Waals surface area (Å²) in [6.07, 6.45) is 10.2. The van der Waals surface area contributed by atoms with Gasteiger partial charge in [0.25, 0.3) is 0 Å². The number of rotatable bonds is 20. The van der Waals surface area contributed by atoms with Gasteiger partial charge in [-0.2, -0.15) is 0 Å². The monoisotopic (exact) mass is 618 g/mol. The van der Waals surface area contributed by atoms with Crippen molar-refractivity contribution in [3.05, 3.63) is 72.3 Å². The lowest BCUT2D eigenvalue weighted by molar-refractivity contribution is -0.146. The summed E-state index contributed by atoms with van der Waals surface area (Å²) in [6.45, 7) is 9.24. The second-order valence-corrected chi connectivity index (χ2v) is 11.5. The Balaban J connectivity index is 1.47. The highest BCUT2D eigenvalue weighted by molar-refractivity contribution is 5.92. The van der Waals surface area contributed by atoms with Gasteiger partial charge in [0, 0.05) is 0 Å². The molecule has 3 rings (SSSR count). The summed E-state index contributed by atoms with van der Waals surface area (Å²) in [5, 5.41) is 0. The van der Waals surface area contributed by atoms with Crippen LogP contribution in [0.2, 0.25) is 0 Å². The maximum absolute atomic E-state index is 12.9. The summed E-state index contributed by atoms with van der Waals surface area (Å²) >= 11 is 0. The van der Waals surface area contributed by atoms with Crippen LogP contribution >= 0.6 is 0 Å². The lowest BCUT2D eigenvalue weighted by atomic mass is 10.1. The molecule has 3 aromatic rings. The molecule has 0 amide bonds. The van der Waals surface area contributed by atoms with E-state index in [1.807, 2.05) is 24.3 Å². The predicted molar refractivity (Wildman–Crippen MR) is 178 cm³/mol. The van der Waals surface area contributed by atoms with Gasteiger partial charge < -0.3 is 23.7 Å². The van der Waals surface area contributed by atoms with Crippen LogP contribution in [0.5, 0.6) is 23.0 Å². The highest BCUT2D eigenvalue weighted by Gasteiger charge is 2.17. The van der Waals surface area contributed by atoms with Crippen LogP contribution < -0.4 is 18.9 Å². The van der Waals surface area contributed by atoms with E-state index in [4.69, 9.17) is 23.7 Å². The smallest absolute Gasteiger partial charge is 0.343 e. The van der Waals surface area contributed by atoms with E-state index >= 15 is 0 Å².